The number of carbonyl (C=O) groups is 1. The average Bonchev–Trinajstić information content (AvgIpc) is 2.67. The molecule has 0 radical (unpaired) electrons. The molecule has 5 heteroatoms. The molecule has 0 bridgehead atoms. The van der Waals surface area contributed by atoms with Crippen molar-refractivity contribution in [2.45, 2.75) is 13.8 Å². The molecule has 2 aromatic rings. The quantitative estimate of drug-likeness (QED) is 0.869. The Labute approximate surface area is 118 Å². The predicted molar refractivity (Wildman–Crippen MR) is 74.2 cm³/mol. The second kappa shape index (κ2) is 5.57. The summed E-state index contributed by atoms with van der Waals surface area (Å²) in [6, 6.07) is 5.87. The van der Waals surface area contributed by atoms with Gasteiger partial charge in [0.15, 0.2) is 6.61 Å². The highest BCUT2D eigenvalue weighted by molar-refractivity contribution is 9.10. The van der Waals surface area contributed by atoms with Crippen LogP contribution in [0.4, 0.5) is 4.39 Å². The van der Waals surface area contributed by atoms with Crippen LogP contribution >= 0.6 is 15.9 Å². The molecule has 1 aromatic carbocycles. The fourth-order valence-corrected chi connectivity index (χ4v) is 2.29. The number of Topliss-reactive ketones (excluding diaryl/α,β-unsaturated/α-hetero) is 1. The third kappa shape index (κ3) is 3.23. The Morgan fingerprint density at radius 3 is 2.68 bits per heavy atom. The summed E-state index contributed by atoms with van der Waals surface area (Å²) in [7, 11) is 0. The summed E-state index contributed by atoms with van der Waals surface area (Å²) >= 11 is 3.19. The van der Waals surface area contributed by atoms with Crippen molar-refractivity contribution >= 4 is 21.7 Å². The predicted octanol–water partition coefficient (Wildman–Crippen LogP) is 3.79. The molecule has 1 N–H and O–H groups in total. The van der Waals surface area contributed by atoms with Crippen molar-refractivity contribution in [3.63, 3.8) is 0 Å². The molecule has 3 nitrogen and oxygen atoms in total. The minimum atomic E-state index is -0.359. The van der Waals surface area contributed by atoms with Crippen LogP contribution in [-0.2, 0) is 0 Å². The summed E-state index contributed by atoms with van der Waals surface area (Å²) in [6.07, 6.45) is 0. The molecule has 0 spiro atoms. The summed E-state index contributed by atoms with van der Waals surface area (Å²) in [4.78, 5) is 15.1. The molecular weight excluding hydrogens is 313 g/mol. The van der Waals surface area contributed by atoms with Gasteiger partial charge in [-0.1, -0.05) is 0 Å². The normalized spacial score (nSPS) is 10.5. The molecule has 0 amide bonds. The number of H-pyrrole nitrogens is 1. The summed E-state index contributed by atoms with van der Waals surface area (Å²) in [5, 5.41) is 0. The molecule has 0 aliphatic carbocycles. The minimum Gasteiger partial charge on any atom is -0.484 e. The van der Waals surface area contributed by atoms with Crippen molar-refractivity contribution in [1.29, 1.82) is 0 Å². The zero-order chi connectivity index (χ0) is 14.0. The number of rotatable bonds is 4. The highest BCUT2D eigenvalue weighted by atomic mass is 79.9. The molecular formula is C14H13BrFNO2. The first-order valence-electron chi connectivity index (χ1n) is 5.74. The van der Waals surface area contributed by atoms with Crippen molar-refractivity contribution in [2.75, 3.05) is 6.61 Å². The Hall–Kier alpha value is -1.62. The van der Waals surface area contributed by atoms with Gasteiger partial charge in [-0.3, -0.25) is 4.79 Å². The van der Waals surface area contributed by atoms with E-state index in [4.69, 9.17) is 4.74 Å². The number of halogens is 2. The highest BCUT2D eigenvalue weighted by Gasteiger charge is 2.13. The van der Waals surface area contributed by atoms with Crippen LogP contribution in [0.2, 0.25) is 0 Å². The first-order chi connectivity index (χ1) is 8.97. The van der Waals surface area contributed by atoms with Crippen LogP contribution in [0.5, 0.6) is 5.75 Å². The standard InChI is InChI=1S/C14H13BrFNO2/c1-8-5-11(9(2)17-8)13(18)7-19-14-4-3-10(16)6-12(14)15/h3-6,17H,7H2,1-2H3. The second-order valence-corrected chi connectivity index (χ2v) is 5.13. The zero-order valence-corrected chi connectivity index (χ0v) is 12.2. The van der Waals surface area contributed by atoms with Crippen LogP contribution in [0.25, 0.3) is 0 Å². The Morgan fingerprint density at radius 2 is 2.11 bits per heavy atom. The number of nitrogens with one attached hydrogen (secondary N) is 1. The lowest BCUT2D eigenvalue weighted by Crippen LogP contribution is -2.12. The molecule has 100 valence electrons. The molecule has 0 aliphatic heterocycles. The van der Waals surface area contributed by atoms with Gasteiger partial charge in [-0.25, -0.2) is 4.39 Å². The molecule has 0 saturated carbocycles. The average molecular weight is 326 g/mol. The fourth-order valence-electron chi connectivity index (χ4n) is 1.83. The van der Waals surface area contributed by atoms with Crippen LogP contribution in [0.15, 0.2) is 28.7 Å². The van der Waals surface area contributed by atoms with Crippen molar-refractivity contribution < 1.29 is 13.9 Å². The fraction of sp³-hybridized carbons (Fsp3) is 0.214. The lowest BCUT2D eigenvalue weighted by atomic mass is 10.1. The number of hydrogen-bond acceptors (Lipinski definition) is 2. The van der Waals surface area contributed by atoms with Gasteiger partial charge < -0.3 is 9.72 Å². The summed E-state index contributed by atoms with van der Waals surface area (Å²) in [5.74, 6) is -0.0274. The zero-order valence-electron chi connectivity index (χ0n) is 10.6. The third-order valence-corrected chi connectivity index (χ3v) is 3.32. The van der Waals surface area contributed by atoms with E-state index in [9.17, 15) is 9.18 Å². The highest BCUT2D eigenvalue weighted by Crippen LogP contribution is 2.25. The van der Waals surface area contributed by atoms with E-state index in [1.807, 2.05) is 13.8 Å². The molecule has 0 saturated heterocycles. The van der Waals surface area contributed by atoms with Gasteiger partial charge >= 0.3 is 0 Å². The maximum atomic E-state index is 12.9. The summed E-state index contributed by atoms with van der Waals surface area (Å²) in [6.45, 7) is 3.65. The smallest absolute Gasteiger partial charge is 0.202 e. The van der Waals surface area contributed by atoms with E-state index >= 15 is 0 Å². The van der Waals surface area contributed by atoms with Gasteiger partial charge in [0.05, 0.1) is 4.47 Å². The van der Waals surface area contributed by atoms with E-state index in [-0.39, 0.29) is 18.2 Å². The van der Waals surface area contributed by atoms with E-state index < -0.39 is 0 Å². The SMILES string of the molecule is Cc1cc(C(=O)COc2ccc(F)cc2Br)c(C)[nH]1. The first kappa shape index (κ1) is 13.8. The number of hydrogen-bond donors (Lipinski definition) is 1. The van der Waals surface area contributed by atoms with Gasteiger partial charge in [-0.05, 0) is 54.0 Å². The molecule has 1 aromatic heterocycles. The van der Waals surface area contributed by atoms with Crippen LogP contribution < -0.4 is 4.74 Å². The Bertz CT molecular complexity index is 622. The van der Waals surface area contributed by atoms with E-state index in [2.05, 4.69) is 20.9 Å². The largest absolute Gasteiger partial charge is 0.484 e. The number of aryl methyl sites for hydroxylation is 2. The number of benzene rings is 1. The molecule has 2 rings (SSSR count). The van der Waals surface area contributed by atoms with Gasteiger partial charge in [0, 0.05) is 17.0 Å². The van der Waals surface area contributed by atoms with Gasteiger partial charge in [-0.2, -0.15) is 0 Å². The van der Waals surface area contributed by atoms with Gasteiger partial charge in [0.25, 0.3) is 0 Å². The Kier molecular flexibility index (Phi) is 4.04. The topological polar surface area (TPSA) is 42.1 Å². The maximum absolute atomic E-state index is 12.9. The van der Waals surface area contributed by atoms with Crippen molar-refractivity contribution in [3.8, 4) is 5.75 Å². The van der Waals surface area contributed by atoms with E-state index in [0.717, 1.165) is 11.4 Å². The van der Waals surface area contributed by atoms with E-state index in [1.54, 1.807) is 6.07 Å². The molecule has 19 heavy (non-hydrogen) atoms. The first-order valence-corrected chi connectivity index (χ1v) is 6.54. The van der Waals surface area contributed by atoms with Crippen LogP contribution in [0.1, 0.15) is 21.7 Å². The minimum absolute atomic E-state index is 0.0810. The number of aromatic amines is 1. The number of ether oxygens (including phenoxy) is 1. The third-order valence-electron chi connectivity index (χ3n) is 2.70. The molecule has 1 heterocycles. The molecule has 0 aliphatic rings. The molecule has 0 unspecified atom stereocenters. The molecule has 0 fully saturated rings. The number of ketones is 1. The summed E-state index contributed by atoms with van der Waals surface area (Å²) < 4.78 is 18.8. The lowest BCUT2D eigenvalue weighted by molar-refractivity contribution is 0.0920. The van der Waals surface area contributed by atoms with Crippen LogP contribution in [0, 0.1) is 19.7 Å². The summed E-state index contributed by atoms with van der Waals surface area (Å²) in [5.41, 5.74) is 2.38. The molecule has 0 atom stereocenters. The van der Waals surface area contributed by atoms with E-state index in [1.165, 1.54) is 18.2 Å². The van der Waals surface area contributed by atoms with Crippen molar-refractivity contribution in [2.24, 2.45) is 0 Å². The van der Waals surface area contributed by atoms with Crippen LogP contribution in [-0.4, -0.2) is 17.4 Å². The van der Waals surface area contributed by atoms with Crippen molar-refractivity contribution in [1.82, 2.24) is 4.98 Å². The van der Waals surface area contributed by atoms with Gasteiger partial charge in [0.1, 0.15) is 11.6 Å². The monoisotopic (exact) mass is 325 g/mol. The second-order valence-electron chi connectivity index (χ2n) is 4.28. The van der Waals surface area contributed by atoms with Gasteiger partial charge in [0.2, 0.25) is 5.78 Å². The Morgan fingerprint density at radius 1 is 1.37 bits per heavy atom. The van der Waals surface area contributed by atoms with E-state index in [0.29, 0.717) is 15.8 Å². The number of carbonyl (C=O) groups excluding carboxylic acids is 1. The van der Waals surface area contributed by atoms with Crippen molar-refractivity contribution in [3.05, 3.63) is 51.5 Å². The Balaban J connectivity index is 2.06. The maximum Gasteiger partial charge on any atom is 0.202 e. The van der Waals surface area contributed by atoms with Crippen LogP contribution in [0.3, 0.4) is 0 Å². The van der Waals surface area contributed by atoms with Gasteiger partial charge in [-0.15, -0.1) is 0 Å². The lowest BCUT2D eigenvalue weighted by Gasteiger charge is -2.07. The number of aromatic nitrogens is 1.